The van der Waals surface area contributed by atoms with Gasteiger partial charge in [0.05, 0.1) is 10.8 Å². The summed E-state index contributed by atoms with van der Waals surface area (Å²) in [6.45, 7) is 0. The summed E-state index contributed by atoms with van der Waals surface area (Å²) in [6, 6.07) is 12.5. The minimum absolute atomic E-state index is 0.386. The summed E-state index contributed by atoms with van der Waals surface area (Å²) in [5.74, 6) is 1.03. The summed E-state index contributed by atoms with van der Waals surface area (Å²) < 4.78 is 0. The van der Waals surface area contributed by atoms with Crippen molar-refractivity contribution in [2.45, 2.75) is 16.6 Å². The fourth-order valence-corrected chi connectivity index (χ4v) is 3.60. The lowest BCUT2D eigenvalue weighted by molar-refractivity contribution is 0.880. The van der Waals surface area contributed by atoms with Crippen LogP contribution in [0.3, 0.4) is 0 Å². The predicted molar refractivity (Wildman–Crippen MR) is 72.6 cm³/mol. The first-order valence-electron chi connectivity index (χ1n) is 5.95. The Kier molecular flexibility index (Phi) is 2.17. The Morgan fingerprint density at radius 3 is 3.00 bits per heavy atom. The number of H-pyrrole nitrogens is 1. The molecule has 1 aromatic carbocycles. The van der Waals surface area contributed by atoms with Crippen LogP contribution in [-0.4, -0.2) is 15.0 Å². The molecule has 0 bridgehead atoms. The van der Waals surface area contributed by atoms with Gasteiger partial charge in [0, 0.05) is 11.1 Å². The van der Waals surface area contributed by atoms with Crippen LogP contribution in [0.1, 0.15) is 16.6 Å². The molecular formula is C14H11N3S. The van der Waals surface area contributed by atoms with Gasteiger partial charge in [-0.25, -0.2) is 9.97 Å². The maximum atomic E-state index is 4.59. The van der Waals surface area contributed by atoms with E-state index in [1.54, 1.807) is 6.20 Å². The molecule has 2 aromatic heterocycles. The molecule has 3 aromatic rings. The van der Waals surface area contributed by atoms with Crippen LogP contribution in [0.2, 0.25) is 0 Å². The van der Waals surface area contributed by atoms with Gasteiger partial charge in [0.2, 0.25) is 0 Å². The van der Waals surface area contributed by atoms with Gasteiger partial charge in [-0.1, -0.05) is 18.2 Å². The molecule has 88 valence electrons. The Labute approximate surface area is 109 Å². The largest absolute Gasteiger partial charge is 0.340 e. The van der Waals surface area contributed by atoms with E-state index >= 15 is 0 Å². The number of aromatic nitrogens is 3. The van der Waals surface area contributed by atoms with Gasteiger partial charge in [0.1, 0.15) is 5.82 Å². The number of nitrogens with zero attached hydrogens (tertiary/aromatic N) is 2. The number of thioether (sulfide) groups is 1. The summed E-state index contributed by atoms with van der Waals surface area (Å²) in [5, 5.41) is 0.386. The molecule has 1 aliphatic rings. The van der Waals surface area contributed by atoms with Crippen LogP contribution in [0.4, 0.5) is 0 Å². The molecule has 3 heterocycles. The highest BCUT2D eigenvalue weighted by Gasteiger charge is 2.25. The molecule has 0 amide bonds. The summed E-state index contributed by atoms with van der Waals surface area (Å²) in [4.78, 5) is 13.6. The first kappa shape index (κ1) is 10.1. The Hall–Kier alpha value is -1.81. The van der Waals surface area contributed by atoms with Crippen molar-refractivity contribution < 1.29 is 0 Å². The zero-order chi connectivity index (χ0) is 11.9. The number of nitrogens with one attached hydrogen (secondary N) is 1. The molecule has 3 nitrogen and oxygen atoms in total. The second kappa shape index (κ2) is 3.85. The molecular weight excluding hydrogens is 242 g/mol. The van der Waals surface area contributed by atoms with Crippen molar-refractivity contribution in [3.8, 4) is 0 Å². The number of aromatic amines is 1. The molecule has 0 aliphatic carbocycles. The van der Waals surface area contributed by atoms with Crippen LogP contribution in [0.5, 0.6) is 0 Å². The average Bonchev–Trinajstić information content (AvgIpc) is 3.02. The molecule has 4 rings (SSSR count). The standard InChI is InChI=1S/C14H11N3S/c1-2-6-11-9(4-1)8-12(18-11)14-16-10-5-3-7-15-13(10)17-14/h1-7,12H,8H2,(H,15,16,17). The number of hydrogen-bond acceptors (Lipinski definition) is 3. The lowest BCUT2D eigenvalue weighted by atomic mass is 10.1. The van der Waals surface area contributed by atoms with Crippen molar-refractivity contribution in [1.29, 1.82) is 0 Å². The summed E-state index contributed by atoms with van der Waals surface area (Å²) in [6.07, 6.45) is 2.82. The van der Waals surface area contributed by atoms with Gasteiger partial charge in [-0.05, 0) is 30.2 Å². The average molecular weight is 253 g/mol. The first-order valence-corrected chi connectivity index (χ1v) is 6.83. The van der Waals surface area contributed by atoms with E-state index in [9.17, 15) is 0 Å². The topological polar surface area (TPSA) is 41.6 Å². The zero-order valence-corrected chi connectivity index (χ0v) is 10.4. The molecule has 1 aliphatic heterocycles. The van der Waals surface area contributed by atoms with Crippen LogP contribution in [0, 0.1) is 0 Å². The van der Waals surface area contributed by atoms with Gasteiger partial charge in [-0.2, -0.15) is 0 Å². The Bertz CT molecular complexity index is 662. The fourth-order valence-electron chi connectivity index (χ4n) is 2.35. The highest BCUT2D eigenvalue weighted by molar-refractivity contribution is 7.99. The van der Waals surface area contributed by atoms with Crippen LogP contribution in [0.15, 0.2) is 47.5 Å². The van der Waals surface area contributed by atoms with Crippen molar-refractivity contribution in [3.63, 3.8) is 0 Å². The fraction of sp³-hybridized carbons (Fsp3) is 0.143. The molecule has 1 unspecified atom stereocenters. The minimum Gasteiger partial charge on any atom is -0.340 e. The predicted octanol–water partition coefficient (Wildman–Crippen LogP) is 3.35. The van der Waals surface area contributed by atoms with Crippen molar-refractivity contribution in [3.05, 3.63) is 54.0 Å². The number of hydrogen-bond donors (Lipinski definition) is 1. The van der Waals surface area contributed by atoms with Crippen molar-refractivity contribution in [1.82, 2.24) is 15.0 Å². The van der Waals surface area contributed by atoms with Gasteiger partial charge >= 0.3 is 0 Å². The highest BCUT2D eigenvalue weighted by atomic mass is 32.2. The maximum absolute atomic E-state index is 4.59. The molecule has 0 saturated heterocycles. The van der Waals surface area contributed by atoms with Crippen molar-refractivity contribution >= 4 is 22.9 Å². The van der Waals surface area contributed by atoms with Crippen LogP contribution >= 0.6 is 11.8 Å². The SMILES string of the molecule is c1ccc2c(c1)CC(c1nc3ncccc3[nH]1)S2. The molecule has 4 heteroatoms. The Morgan fingerprint density at radius 1 is 1.17 bits per heavy atom. The highest BCUT2D eigenvalue weighted by Crippen LogP contribution is 2.45. The molecule has 1 atom stereocenters. The third-order valence-electron chi connectivity index (χ3n) is 3.23. The zero-order valence-electron chi connectivity index (χ0n) is 9.63. The van der Waals surface area contributed by atoms with E-state index in [1.165, 1.54) is 10.5 Å². The van der Waals surface area contributed by atoms with E-state index in [2.05, 4.69) is 39.2 Å². The number of benzene rings is 1. The minimum atomic E-state index is 0.386. The molecule has 1 N–H and O–H groups in total. The molecule has 0 fully saturated rings. The first-order chi connectivity index (χ1) is 8.90. The summed E-state index contributed by atoms with van der Waals surface area (Å²) in [5.41, 5.74) is 3.24. The number of imidazole rings is 1. The van der Waals surface area contributed by atoms with Gasteiger partial charge < -0.3 is 4.98 Å². The normalized spacial score (nSPS) is 18.1. The summed E-state index contributed by atoms with van der Waals surface area (Å²) in [7, 11) is 0. The second-order valence-electron chi connectivity index (χ2n) is 4.41. The second-order valence-corrected chi connectivity index (χ2v) is 5.66. The van der Waals surface area contributed by atoms with Gasteiger partial charge in [-0.3, -0.25) is 0 Å². The lowest BCUT2D eigenvalue weighted by Crippen LogP contribution is -1.94. The Balaban J connectivity index is 1.73. The quantitative estimate of drug-likeness (QED) is 0.723. The third kappa shape index (κ3) is 1.53. The van der Waals surface area contributed by atoms with E-state index in [1.807, 2.05) is 23.9 Å². The Morgan fingerprint density at radius 2 is 2.11 bits per heavy atom. The van der Waals surface area contributed by atoms with Gasteiger partial charge in [0.25, 0.3) is 0 Å². The molecule has 0 saturated carbocycles. The van der Waals surface area contributed by atoms with Gasteiger partial charge in [-0.15, -0.1) is 11.8 Å². The van der Waals surface area contributed by atoms with Crippen LogP contribution in [-0.2, 0) is 6.42 Å². The molecule has 0 radical (unpaired) electrons. The smallest absolute Gasteiger partial charge is 0.177 e. The van der Waals surface area contributed by atoms with E-state index in [-0.39, 0.29) is 0 Å². The molecule has 18 heavy (non-hydrogen) atoms. The molecule has 0 spiro atoms. The maximum Gasteiger partial charge on any atom is 0.177 e. The van der Waals surface area contributed by atoms with Crippen molar-refractivity contribution in [2.75, 3.05) is 0 Å². The van der Waals surface area contributed by atoms with Gasteiger partial charge in [0.15, 0.2) is 5.65 Å². The van der Waals surface area contributed by atoms with Crippen molar-refractivity contribution in [2.24, 2.45) is 0 Å². The van der Waals surface area contributed by atoms with Crippen LogP contribution in [0.25, 0.3) is 11.2 Å². The van der Waals surface area contributed by atoms with E-state index in [0.717, 1.165) is 23.4 Å². The summed E-state index contributed by atoms with van der Waals surface area (Å²) >= 11 is 1.88. The van der Waals surface area contributed by atoms with E-state index in [0.29, 0.717) is 5.25 Å². The monoisotopic (exact) mass is 253 g/mol. The third-order valence-corrected chi connectivity index (χ3v) is 4.55. The number of rotatable bonds is 1. The lowest BCUT2D eigenvalue weighted by Gasteiger charge is -2.02. The van der Waals surface area contributed by atoms with Crippen LogP contribution < -0.4 is 0 Å². The number of pyridine rings is 1. The van der Waals surface area contributed by atoms with E-state index in [4.69, 9.17) is 0 Å². The number of fused-ring (bicyclic) bond motifs is 2. The van der Waals surface area contributed by atoms with E-state index < -0.39 is 0 Å².